The maximum Gasteiger partial charge on any atom is 0.309 e. The van der Waals surface area contributed by atoms with Crippen LogP contribution in [0.5, 0.6) is 0 Å². The van der Waals surface area contributed by atoms with Gasteiger partial charge in [-0.05, 0) is 49.6 Å². The fourth-order valence-corrected chi connectivity index (χ4v) is 5.19. The summed E-state index contributed by atoms with van der Waals surface area (Å²) in [5, 5.41) is 4.98. The van der Waals surface area contributed by atoms with E-state index in [0.29, 0.717) is 30.8 Å². The molecule has 1 saturated heterocycles. The molecule has 1 aliphatic heterocycles. The second-order valence-electron chi connectivity index (χ2n) is 7.36. The van der Waals surface area contributed by atoms with E-state index in [0.717, 1.165) is 5.56 Å². The average Bonchev–Trinajstić information content (AvgIpc) is 3.27. The highest BCUT2D eigenvalue weighted by molar-refractivity contribution is 7.89. The number of amides is 2. The van der Waals surface area contributed by atoms with Crippen molar-refractivity contribution in [2.24, 2.45) is 0 Å². The molecule has 2 N–H and O–H groups in total. The number of furan rings is 1. The summed E-state index contributed by atoms with van der Waals surface area (Å²) in [5.41, 5.74) is 1.47. The Labute approximate surface area is 181 Å². The highest BCUT2D eigenvalue weighted by Crippen LogP contribution is 2.25. The summed E-state index contributed by atoms with van der Waals surface area (Å²) in [7, 11) is -3.83. The van der Waals surface area contributed by atoms with E-state index in [1.165, 1.54) is 10.6 Å². The van der Waals surface area contributed by atoms with Crippen LogP contribution >= 0.6 is 0 Å². The number of carbonyl (C=O) groups excluding carboxylic acids is 2. The number of rotatable bonds is 7. The Balaban J connectivity index is 1.59. The fourth-order valence-electron chi connectivity index (χ4n) is 3.31. The molecule has 0 radical (unpaired) electrons. The van der Waals surface area contributed by atoms with Crippen molar-refractivity contribution in [2.75, 3.05) is 26.2 Å². The summed E-state index contributed by atoms with van der Waals surface area (Å²) in [6.07, 6.45) is 1.64. The van der Waals surface area contributed by atoms with Gasteiger partial charge in [0, 0.05) is 19.5 Å². The second kappa shape index (κ2) is 10.1. The number of carbonyl (C=O) groups is 2. The van der Waals surface area contributed by atoms with Gasteiger partial charge in [-0.2, -0.15) is 4.31 Å². The van der Waals surface area contributed by atoms with Gasteiger partial charge in [-0.15, -0.1) is 0 Å². The Kier molecular flexibility index (Phi) is 7.47. The smallest absolute Gasteiger partial charge is 0.309 e. The van der Waals surface area contributed by atoms with Crippen molar-refractivity contribution in [2.45, 2.75) is 37.8 Å². The fraction of sp³-hybridized carbons (Fsp3) is 0.429. The number of sulfonamides is 1. The van der Waals surface area contributed by atoms with Crippen LogP contribution in [-0.2, 0) is 30.8 Å². The molecule has 2 aromatic rings. The minimum atomic E-state index is -3.83. The van der Waals surface area contributed by atoms with Gasteiger partial charge in [-0.1, -0.05) is 12.1 Å². The van der Waals surface area contributed by atoms with E-state index in [9.17, 15) is 18.0 Å². The summed E-state index contributed by atoms with van der Waals surface area (Å²) in [6.45, 7) is 4.32. The molecule has 0 bridgehead atoms. The lowest BCUT2D eigenvalue weighted by Crippen LogP contribution is -2.53. The first-order valence-corrected chi connectivity index (χ1v) is 11.5. The average molecular weight is 450 g/mol. The van der Waals surface area contributed by atoms with Gasteiger partial charge in [-0.25, -0.2) is 8.42 Å². The van der Waals surface area contributed by atoms with Crippen molar-refractivity contribution in [1.29, 1.82) is 0 Å². The van der Waals surface area contributed by atoms with E-state index in [2.05, 4.69) is 10.6 Å². The molecule has 1 atom stereocenters. The van der Waals surface area contributed by atoms with Gasteiger partial charge in [-0.3, -0.25) is 9.59 Å². The third-order valence-electron chi connectivity index (χ3n) is 4.97. The SMILES string of the molecule is Cc1ccc(C)c(S(=O)(=O)N2CCCO[C@H]2CNC(=O)C(=O)NCCc2ccco2)c1. The minimum absolute atomic E-state index is 0.130. The molecule has 2 amide bonds. The molecule has 1 fully saturated rings. The third-order valence-corrected chi connectivity index (χ3v) is 7.00. The number of hydrogen-bond donors (Lipinski definition) is 2. The zero-order chi connectivity index (χ0) is 22.4. The predicted octanol–water partition coefficient (Wildman–Crippen LogP) is 1.11. The largest absolute Gasteiger partial charge is 0.469 e. The molecular formula is C21H27N3O6S. The van der Waals surface area contributed by atoms with E-state index in [1.807, 2.05) is 13.0 Å². The molecule has 1 aromatic heterocycles. The van der Waals surface area contributed by atoms with Gasteiger partial charge in [0.25, 0.3) is 0 Å². The van der Waals surface area contributed by atoms with Gasteiger partial charge in [0.05, 0.1) is 24.3 Å². The Hall–Kier alpha value is -2.69. The second-order valence-corrected chi connectivity index (χ2v) is 9.22. The normalized spacial score (nSPS) is 17.3. The first-order valence-electron chi connectivity index (χ1n) is 10.1. The van der Waals surface area contributed by atoms with Crippen LogP contribution in [0, 0.1) is 13.8 Å². The van der Waals surface area contributed by atoms with Crippen molar-refractivity contribution >= 4 is 21.8 Å². The van der Waals surface area contributed by atoms with Gasteiger partial charge >= 0.3 is 11.8 Å². The van der Waals surface area contributed by atoms with Crippen LogP contribution in [0.2, 0.25) is 0 Å². The predicted molar refractivity (Wildman–Crippen MR) is 113 cm³/mol. The van der Waals surface area contributed by atoms with Crippen molar-refractivity contribution in [3.8, 4) is 0 Å². The topological polar surface area (TPSA) is 118 Å². The van der Waals surface area contributed by atoms with Crippen molar-refractivity contribution in [3.05, 3.63) is 53.5 Å². The van der Waals surface area contributed by atoms with E-state index < -0.39 is 28.1 Å². The Morgan fingerprint density at radius 2 is 1.94 bits per heavy atom. The van der Waals surface area contributed by atoms with Gasteiger partial charge in [0.1, 0.15) is 12.0 Å². The van der Waals surface area contributed by atoms with Gasteiger partial charge in [0.15, 0.2) is 0 Å². The first kappa shape index (κ1) is 23.0. The van der Waals surface area contributed by atoms with Crippen LogP contribution in [0.1, 0.15) is 23.3 Å². The minimum Gasteiger partial charge on any atom is -0.469 e. The maximum atomic E-state index is 13.2. The van der Waals surface area contributed by atoms with Crippen LogP contribution in [0.15, 0.2) is 45.9 Å². The molecular weight excluding hydrogens is 422 g/mol. The van der Waals surface area contributed by atoms with Crippen molar-refractivity contribution < 1.29 is 27.2 Å². The molecule has 0 unspecified atom stereocenters. The van der Waals surface area contributed by atoms with E-state index in [1.54, 1.807) is 31.2 Å². The lowest BCUT2D eigenvalue weighted by molar-refractivity contribution is -0.140. The molecule has 3 rings (SSSR count). The molecule has 0 saturated carbocycles. The van der Waals surface area contributed by atoms with E-state index >= 15 is 0 Å². The van der Waals surface area contributed by atoms with Crippen LogP contribution in [0.25, 0.3) is 0 Å². The molecule has 168 valence electrons. The van der Waals surface area contributed by atoms with E-state index in [4.69, 9.17) is 9.15 Å². The van der Waals surface area contributed by atoms with Crippen LogP contribution in [-0.4, -0.2) is 57.0 Å². The number of hydrogen-bond acceptors (Lipinski definition) is 6. The summed E-state index contributed by atoms with van der Waals surface area (Å²) in [4.78, 5) is 24.3. The number of nitrogens with zero attached hydrogens (tertiary/aromatic N) is 1. The highest BCUT2D eigenvalue weighted by atomic mass is 32.2. The summed E-state index contributed by atoms with van der Waals surface area (Å²) in [6, 6.07) is 8.76. The number of aryl methyl sites for hydroxylation is 2. The molecule has 2 heterocycles. The lowest BCUT2D eigenvalue weighted by Gasteiger charge is -2.35. The zero-order valence-electron chi connectivity index (χ0n) is 17.6. The number of benzene rings is 1. The molecule has 1 aromatic carbocycles. The molecule has 31 heavy (non-hydrogen) atoms. The monoisotopic (exact) mass is 449 g/mol. The van der Waals surface area contributed by atoms with Crippen LogP contribution < -0.4 is 10.6 Å². The molecule has 1 aliphatic rings. The maximum absolute atomic E-state index is 13.2. The molecule has 0 aliphatic carbocycles. The van der Waals surface area contributed by atoms with Crippen molar-refractivity contribution in [1.82, 2.24) is 14.9 Å². The van der Waals surface area contributed by atoms with Gasteiger partial charge in [0.2, 0.25) is 10.0 Å². The van der Waals surface area contributed by atoms with Crippen LogP contribution in [0.3, 0.4) is 0 Å². The number of nitrogens with one attached hydrogen (secondary N) is 2. The number of ether oxygens (including phenoxy) is 1. The summed E-state index contributed by atoms with van der Waals surface area (Å²) in [5.74, 6) is -0.951. The molecule has 10 heteroatoms. The quantitative estimate of drug-likeness (QED) is 0.612. The summed E-state index contributed by atoms with van der Waals surface area (Å²) < 4.78 is 38.5. The molecule has 9 nitrogen and oxygen atoms in total. The Morgan fingerprint density at radius 1 is 1.16 bits per heavy atom. The molecule has 0 spiro atoms. The van der Waals surface area contributed by atoms with Crippen LogP contribution in [0.4, 0.5) is 0 Å². The standard InChI is InChI=1S/C21H27N3O6S/c1-15-6-7-16(2)18(13-15)31(27,28)24-10-4-12-30-19(24)14-23-21(26)20(25)22-9-8-17-5-3-11-29-17/h3,5-7,11,13,19H,4,8-10,12,14H2,1-2H3,(H,22,25)(H,23,26)/t19-/m0/s1. The summed E-state index contributed by atoms with van der Waals surface area (Å²) >= 11 is 0. The third kappa shape index (κ3) is 5.72. The van der Waals surface area contributed by atoms with E-state index in [-0.39, 0.29) is 24.5 Å². The Bertz CT molecular complexity index is 1020. The highest BCUT2D eigenvalue weighted by Gasteiger charge is 2.35. The lowest BCUT2D eigenvalue weighted by atomic mass is 10.2. The Morgan fingerprint density at radius 3 is 2.68 bits per heavy atom. The zero-order valence-corrected chi connectivity index (χ0v) is 18.4. The van der Waals surface area contributed by atoms with Crippen molar-refractivity contribution in [3.63, 3.8) is 0 Å². The first-order chi connectivity index (χ1) is 14.8. The van der Waals surface area contributed by atoms with Gasteiger partial charge < -0.3 is 19.8 Å².